The zero-order valence-corrected chi connectivity index (χ0v) is 8.92. The summed E-state index contributed by atoms with van der Waals surface area (Å²) in [4.78, 5) is 2.37. The van der Waals surface area contributed by atoms with Gasteiger partial charge in [-0.2, -0.15) is 0 Å². The largest absolute Gasteiger partial charge is 0.497 e. The number of hydrogen-bond acceptors (Lipinski definition) is 2. The van der Waals surface area contributed by atoms with E-state index in [-0.39, 0.29) is 0 Å². The smallest absolute Gasteiger partial charge is 0.119 e. The van der Waals surface area contributed by atoms with Gasteiger partial charge in [0.2, 0.25) is 0 Å². The highest BCUT2D eigenvalue weighted by atomic mass is 16.5. The van der Waals surface area contributed by atoms with E-state index in [1.54, 1.807) is 7.11 Å². The highest BCUT2D eigenvalue weighted by Gasteiger charge is 2.11. The van der Waals surface area contributed by atoms with E-state index in [0.29, 0.717) is 0 Å². The summed E-state index contributed by atoms with van der Waals surface area (Å²) in [5.41, 5.74) is 2.90. The Balaban J connectivity index is 2.31. The van der Waals surface area contributed by atoms with Gasteiger partial charge in [-0.1, -0.05) is 6.07 Å². The Morgan fingerprint density at radius 3 is 2.93 bits per heavy atom. The maximum atomic E-state index is 5.23. The molecule has 2 rings (SSSR count). The number of fused-ring (bicyclic) bond motifs is 1. The van der Waals surface area contributed by atoms with Gasteiger partial charge in [-0.25, -0.2) is 0 Å². The summed E-state index contributed by atoms with van der Waals surface area (Å²) in [6.45, 7) is 2.26. The SMILES string of the molecule is COc1ccc2c(c1)CCCN(C)C2. The van der Waals surface area contributed by atoms with Crippen LogP contribution in [0.2, 0.25) is 0 Å². The Hall–Kier alpha value is -1.02. The average molecular weight is 191 g/mol. The van der Waals surface area contributed by atoms with Crippen LogP contribution in [-0.4, -0.2) is 25.6 Å². The molecule has 0 saturated heterocycles. The van der Waals surface area contributed by atoms with Gasteiger partial charge in [0.15, 0.2) is 0 Å². The summed E-state index contributed by atoms with van der Waals surface area (Å²) in [5.74, 6) is 0.980. The quantitative estimate of drug-likeness (QED) is 0.674. The van der Waals surface area contributed by atoms with Crippen LogP contribution < -0.4 is 4.74 Å². The molecule has 1 heterocycles. The third-order valence-corrected chi connectivity index (χ3v) is 2.84. The van der Waals surface area contributed by atoms with E-state index >= 15 is 0 Å². The summed E-state index contributed by atoms with van der Waals surface area (Å²) in [5, 5.41) is 0. The summed E-state index contributed by atoms with van der Waals surface area (Å²) in [7, 11) is 3.91. The lowest BCUT2D eigenvalue weighted by molar-refractivity contribution is 0.332. The van der Waals surface area contributed by atoms with Gasteiger partial charge in [-0.05, 0) is 49.7 Å². The van der Waals surface area contributed by atoms with Gasteiger partial charge in [0, 0.05) is 6.54 Å². The number of methoxy groups -OCH3 is 1. The predicted molar refractivity (Wildman–Crippen MR) is 57.6 cm³/mol. The van der Waals surface area contributed by atoms with Gasteiger partial charge in [-0.3, -0.25) is 0 Å². The highest BCUT2D eigenvalue weighted by molar-refractivity contribution is 5.36. The molecule has 0 N–H and O–H groups in total. The van der Waals surface area contributed by atoms with E-state index < -0.39 is 0 Å². The van der Waals surface area contributed by atoms with Crippen molar-refractivity contribution in [3.05, 3.63) is 29.3 Å². The van der Waals surface area contributed by atoms with Crippen LogP contribution in [0.15, 0.2) is 18.2 Å². The van der Waals surface area contributed by atoms with Crippen LogP contribution in [0.1, 0.15) is 17.5 Å². The lowest BCUT2D eigenvalue weighted by Crippen LogP contribution is -2.16. The molecule has 2 heteroatoms. The van der Waals surface area contributed by atoms with E-state index in [1.807, 2.05) is 0 Å². The standard InChI is InChI=1S/C12H17NO/c1-13-7-3-4-10-8-12(14-2)6-5-11(10)9-13/h5-6,8H,3-4,7,9H2,1-2H3. The summed E-state index contributed by atoms with van der Waals surface area (Å²) >= 11 is 0. The molecule has 1 aliphatic heterocycles. The molecule has 0 bridgehead atoms. The fourth-order valence-corrected chi connectivity index (χ4v) is 2.03. The first kappa shape index (κ1) is 9.53. The lowest BCUT2D eigenvalue weighted by atomic mass is 10.0. The molecule has 1 aliphatic rings. The van der Waals surface area contributed by atoms with E-state index in [1.165, 1.54) is 30.5 Å². The van der Waals surface area contributed by atoms with Crippen molar-refractivity contribution in [1.82, 2.24) is 4.90 Å². The number of aryl methyl sites for hydroxylation is 1. The van der Waals surface area contributed by atoms with Crippen molar-refractivity contribution in [2.45, 2.75) is 19.4 Å². The van der Waals surface area contributed by atoms with Crippen LogP contribution in [0.3, 0.4) is 0 Å². The first-order chi connectivity index (χ1) is 6.79. The van der Waals surface area contributed by atoms with Crippen LogP contribution in [0.5, 0.6) is 5.75 Å². The third kappa shape index (κ3) is 1.90. The highest BCUT2D eigenvalue weighted by Crippen LogP contribution is 2.22. The number of ether oxygens (including phenoxy) is 1. The first-order valence-electron chi connectivity index (χ1n) is 5.14. The van der Waals surface area contributed by atoms with Crippen molar-refractivity contribution < 1.29 is 4.74 Å². The van der Waals surface area contributed by atoms with Crippen molar-refractivity contribution in [1.29, 1.82) is 0 Å². The molecule has 76 valence electrons. The predicted octanol–water partition coefficient (Wildman–Crippen LogP) is 2.07. The van der Waals surface area contributed by atoms with Crippen molar-refractivity contribution in [3.8, 4) is 5.75 Å². The van der Waals surface area contributed by atoms with Crippen LogP contribution in [0, 0.1) is 0 Å². The Bertz CT molecular complexity index is 322. The van der Waals surface area contributed by atoms with Crippen LogP contribution in [-0.2, 0) is 13.0 Å². The molecule has 0 saturated carbocycles. The molecule has 0 atom stereocenters. The number of hydrogen-bond donors (Lipinski definition) is 0. The topological polar surface area (TPSA) is 12.5 Å². The Morgan fingerprint density at radius 1 is 1.29 bits per heavy atom. The Labute approximate surface area is 85.5 Å². The van der Waals surface area contributed by atoms with Crippen molar-refractivity contribution in [2.24, 2.45) is 0 Å². The molecule has 2 nitrogen and oxygen atoms in total. The van der Waals surface area contributed by atoms with Crippen molar-refractivity contribution in [3.63, 3.8) is 0 Å². The molecule has 0 amide bonds. The lowest BCUT2D eigenvalue weighted by Gasteiger charge is -2.13. The second-order valence-corrected chi connectivity index (χ2v) is 3.98. The van der Waals surface area contributed by atoms with Gasteiger partial charge in [-0.15, -0.1) is 0 Å². The zero-order valence-electron chi connectivity index (χ0n) is 8.92. The molecule has 0 fully saturated rings. The summed E-state index contributed by atoms with van der Waals surface area (Å²) in [6.07, 6.45) is 2.42. The molecule has 14 heavy (non-hydrogen) atoms. The minimum absolute atomic E-state index is 0.980. The average Bonchev–Trinajstić information content (AvgIpc) is 2.37. The summed E-state index contributed by atoms with van der Waals surface area (Å²) in [6, 6.07) is 6.42. The summed E-state index contributed by atoms with van der Waals surface area (Å²) < 4.78 is 5.23. The Kier molecular flexibility index (Phi) is 2.73. The van der Waals surface area contributed by atoms with Crippen LogP contribution in [0.25, 0.3) is 0 Å². The molecule has 0 spiro atoms. The minimum Gasteiger partial charge on any atom is -0.497 e. The molecular formula is C12H17NO. The molecule has 0 radical (unpaired) electrons. The normalized spacial score (nSPS) is 17.3. The molecule has 1 aromatic rings. The molecule has 0 unspecified atom stereocenters. The third-order valence-electron chi connectivity index (χ3n) is 2.84. The first-order valence-corrected chi connectivity index (χ1v) is 5.14. The molecule has 0 aliphatic carbocycles. The van der Waals surface area contributed by atoms with Crippen molar-refractivity contribution >= 4 is 0 Å². The van der Waals surface area contributed by atoms with Crippen molar-refractivity contribution in [2.75, 3.05) is 20.7 Å². The molecule has 1 aromatic carbocycles. The maximum absolute atomic E-state index is 5.23. The van der Waals surface area contributed by atoms with Crippen LogP contribution >= 0.6 is 0 Å². The van der Waals surface area contributed by atoms with Gasteiger partial charge in [0.05, 0.1) is 7.11 Å². The van der Waals surface area contributed by atoms with E-state index in [0.717, 1.165) is 12.3 Å². The fraction of sp³-hybridized carbons (Fsp3) is 0.500. The second-order valence-electron chi connectivity index (χ2n) is 3.98. The fourth-order valence-electron chi connectivity index (χ4n) is 2.03. The van der Waals surface area contributed by atoms with E-state index in [2.05, 4.69) is 30.1 Å². The number of rotatable bonds is 1. The van der Waals surface area contributed by atoms with Gasteiger partial charge >= 0.3 is 0 Å². The Morgan fingerprint density at radius 2 is 2.14 bits per heavy atom. The van der Waals surface area contributed by atoms with Crippen LogP contribution in [0.4, 0.5) is 0 Å². The number of benzene rings is 1. The minimum atomic E-state index is 0.980. The zero-order chi connectivity index (χ0) is 9.97. The number of nitrogens with zero attached hydrogens (tertiary/aromatic N) is 1. The molecule has 0 aromatic heterocycles. The van der Waals surface area contributed by atoms with Gasteiger partial charge < -0.3 is 9.64 Å². The van der Waals surface area contributed by atoms with Gasteiger partial charge in [0.25, 0.3) is 0 Å². The monoisotopic (exact) mass is 191 g/mol. The second kappa shape index (κ2) is 4.01. The van der Waals surface area contributed by atoms with Gasteiger partial charge in [0.1, 0.15) is 5.75 Å². The molecular weight excluding hydrogens is 174 g/mol. The van der Waals surface area contributed by atoms with E-state index in [4.69, 9.17) is 4.74 Å². The maximum Gasteiger partial charge on any atom is 0.119 e. The van der Waals surface area contributed by atoms with E-state index in [9.17, 15) is 0 Å².